The Bertz CT molecular complexity index is 442. The van der Waals surface area contributed by atoms with Crippen LogP contribution in [0.25, 0.3) is 0 Å². The molecular weight excluding hydrogens is 234 g/mol. The number of carbonyl (C=O) groups excluding carboxylic acids is 1. The van der Waals surface area contributed by atoms with Crippen molar-refractivity contribution < 1.29 is 14.7 Å². The highest BCUT2D eigenvalue weighted by molar-refractivity contribution is 5.86. The summed E-state index contributed by atoms with van der Waals surface area (Å²) in [5.74, 6) is -1.28. The van der Waals surface area contributed by atoms with E-state index in [9.17, 15) is 9.59 Å². The van der Waals surface area contributed by atoms with Crippen LogP contribution in [0, 0.1) is 0 Å². The third-order valence-corrected chi connectivity index (χ3v) is 3.13. The summed E-state index contributed by atoms with van der Waals surface area (Å²) >= 11 is 0. The zero-order valence-corrected chi connectivity index (χ0v) is 10.9. The van der Waals surface area contributed by atoms with Crippen LogP contribution in [0.1, 0.15) is 32.4 Å². The van der Waals surface area contributed by atoms with Gasteiger partial charge in [0.25, 0.3) is 0 Å². The molecule has 1 amide bonds. The molecule has 1 heterocycles. The lowest BCUT2D eigenvalue weighted by molar-refractivity contribution is -0.147. The molecule has 0 aromatic carbocycles. The lowest BCUT2D eigenvalue weighted by Gasteiger charge is -2.24. The second-order valence-corrected chi connectivity index (χ2v) is 4.49. The molecule has 0 aliphatic carbocycles. The van der Waals surface area contributed by atoms with Gasteiger partial charge in [0.1, 0.15) is 5.54 Å². The van der Waals surface area contributed by atoms with Crippen LogP contribution in [-0.2, 0) is 23.1 Å². The third-order valence-electron chi connectivity index (χ3n) is 3.13. The van der Waals surface area contributed by atoms with Gasteiger partial charge in [0, 0.05) is 25.4 Å². The number of carboxylic acid groups (broad SMARTS) is 1. The average molecular weight is 253 g/mol. The molecular formula is C12H19N3O3. The Labute approximate surface area is 106 Å². The minimum absolute atomic E-state index is 0.252. The Morgan fingerprint density at radius 1 is 1.56 bits per heavy atom. The quantitative estimate of drug-likeness (QED) is 0.782. The van der Waals surface area contributed by atoms with Crippen molar-refractivity contribution in [2.24, 2.45) is 7.05 Å². The molecule has 6 nitrogen and oxygen atoms in total. The highest BCUT2D eigenvalue weighted by Gasteiger charge is 2.32. The van der Waals surface area contributed by atoms with Gasteiger partial charge in [0.15, 0.2) is 0 Å². The molecule has 0 fully saturated rings. The number of nitrogens with one attached hydrogen (secondary N) is 1. The van der Waals surface area contributed by atoms with Crippen LogP contribution in [0.15, 0.2) is 12.3 Å². The molecule has 0 radical (unpaired) electrons. The van der Waals surface area contributed by atoms with E-state index in [1.54, 1.807) is 24.9 Å². The van der Waals surface area contributed by atoms with Crippen LogP contribution >= 0.6 is 0 Å². The van der Waals surface area contributed by atoms with E-state index in [-0.39, 0.29) is 12.3 Å². The summed E-state index contributed by atoms with van der Waals surface area (Å²) in [5, 5.41) is 15.6. The minimum Gasteiger partial charge on any atom is -0.480 e. The third kappa shape index (κ3) is 3.32. The number of aliphatic carboxylic acids is 1. The van der Waals surface area contributed by atoms with Crippen molar-refractivity contribution in [3.8, 4) is 0 Å². The summed E-state index contributed by atoms with van der Waals surface area (Å²) in [5.41, 5.74) is -0.248. The monoisotopic (exact) mass is 253 g/mol. The number of nitrogens with zero attached hydrogens (tertiary/aromatic N) is 2. The molecule has 100 valence electrons. The van der Waals surface area contributed by atoms with E-state index >= 15 is 0 Å². The highest BCUT2D eigenvalue weighted by atomic mass is 16.4. The summed E-state index contributed by atoms with van der Waals surface area (Å²) in [7, 11) is 1.81. The molecule has 0 bridgehead atoms. The Balaban J connectivity index is 2.52. The lowest BCUT2D eigenvalue weighted by atomic mass is 9.99. The van der Waals surface area contributed by atoms with E-state index in [1.807, 2.05) is 6.07 Å². The fraction of sp³-hybridized carbons (Fsp3) is 0.583. The molecule has 0 saturated heterocycles. The van der Waals surface area contributed by atoms with Gasteiger partial charge < -0.3 is 10.4 Å². The van der Waals surface area contributed by atoms with Crippen LogP contribution in [0.4, 0.5) is 0 Å². The number of aromatic nitrogens is 2. The summed E-state index contributed by atoms with van der Waals surface area (Å²) < 4.78 is 1.70. The number of hydrogen-bond donors (Lipinski definition) is 2. The van der Waals surface area contributed by atoms with Crippen LogP contribution in [0.5, 0.6) is 0 Å². The predicted octanol–water partition coefficient (Wildman–Crippen LogP) is 0.722. The molecule has 6 heteroatoms. The van der Waals surface area contributed by atoms with Gasteiger partial charge in [-0.2, -0.15) is 5.10 Å². The second kappa shape index (κ2) is 5.66. The van der Waals surface area contributed by atoms with Gasteiger partial charge >= 0.3 is 5.97 Å². The molecule has 0 spiro atoms. The van der Waals surface area contributed by atoms with Crippen molar-refractivity contribution >= 4 is 11.9 Å². The fourth-order valence-corrected chi connectivity index (χ4v) is 1.55. The van der Waals surface area contributed by atoms with Crippen molar-refractivity contribution in [2.45, 2.75) is 38.6 Å². The molecule has 1 rings (SSSR count). The minimum atomic E-state index is -1.19. The summed E-state index contributed by atoms with van der Waals surface area (Å²) in [6, 6.07) is 1.84. The molecule has 2 N–H and O–H groups in total. The number of carboxylic acids is 1. The van der Waals surface area contributed by atoms with Crippen molar-refractivity contribution in [1.29, 1.82) is 0 Å². The molecule has 1 unspecified atom stereocenters. The van der Waals surface area contributed by atoms with Crippen LogP contribution < -0.4 is 5.32 Å². The Morgan fingerprint density at radius 3 is 2.67 bits per heavy atom. The fourth-order valence-electron chi connectivity index (χ4n) is 1.55. The summed E-state index contributed by atoms with van der Waals surface area (Å²) in [6.45, 7) is 3.24. The van der Waals surface area contributed by atoms with Crippen molar-refractivity contribution in [3.05, 3.63) is 18.0 Å². The average Bonchev–Trinajstić information content (AvgIpc) is 2.72. The first kappa shape index (κ1) is 14.2. The Kier molecular flexibility index (Phi) is 4.47. The Morgan fingerprint density at radius 2 is 2.22 bits per heavy atom. The first-order valence-corrected chi connectivity index (χ1v) is 5.90. The van der Waals surface area contributed by atoms with E-state index in [0.29, 0.717) is 12.8 Å². The van der Waals surface area contributed by atoms with Gasteiger partial charge in [0.2, 0.25) is 5.91 Å². The maximum Gasteiger partial charge on any atom is 0.329 e. The molecule has 0 aliphatic rings. The largest absolute Gasteiger partial charge is 0.480 e. The SMILES string of the molecule is CCC(C)(NC(=O)CCc1ccnn1C)C(=O)O. The van der Waals surface area contributed by atoms with Crippen LogP contribution in [-0.4, -0.2) is 32.3 Å². The zero-order valence-electron chi connectivity index (χ0n) is 10.9. The van der Waals surface area contributed by atoms with Gasteiger partial charge in [0.05, 0.1) is 0 Å². The van der Waals surface area contributed by atoms with Gasteiger partial charge in [-0.05, 0) is 25.8 Å². The zero-order chi connectivity index (χ0) is 13.8. The second-order valence-electron chi connectivity index (χ2n) is 4.49. The van der Waals surface area contributed by atoms with E-state index < -0.39 is 11.5 Å². The number of hydrogen-bond acceptors (Lipinski definition) is 3. The maximum atomic E-state index is 11.7. The number of carbonyl (C=O) groups is 2. The predicted molar refractivity (Wildman–Crippen MR) is 66.0 cm³/mol. The van der Waals surface area contributed by atoms with Crippen molar-refractivity contribution in [1.82, 2.24) is 15.1 Å². The maximum absolute atomic E-state index is 11.7. The van der Waals surface area contributed by atoms with Crippen molar-refractivity contribution in [2.75, 3.05) is 0 Å². The normalized spacial score (nSPS) is 13.9. The van der Waals surface area contributed by atoms with E-state index in [0.717, 1.165) is 5.69 Å². The molecule has 1 aromatic rings. The number of amides is 1. The van der Waals surface area contributed by atoms with Gasteiger partial charge in [-0.25, -0.2) is 4.79 Å². The Hall–Kier alpha value is -1.85. The molecule has 0 saturated carbocycles. The highest BCUT2D eigenvalue weighted by Crippen LogP contribution is 2.10. The molecule has 1 aromatic heterocycles. The molecule has 0 aliphatic heterocycles. The van der Waals surface area contributed by atoms with Gasteiger partial charge in [-0.1, -0.05) is 6.92 Å². The first-order valence-electron chi connectivity index (χ1n) is 5.90. The smallest absolute Gasteiger partial charge is 0.329 e. The lowest BCUT2D eigenvalue weighted by Crippen LogP contribution is -2.51. The van der Waals surface area contributed by atoms with Crippen molar-refractivity contribution in [3.63, 3.8) is 0 Å². The topological polar surface area (TPSA) is 84.2 Å². The molecule has 18 heavy (non-hydrogen) atoms. The number of rotatable bonds is 6. The van der Waals surface area contributed by atoms with E-state index in [2.05, 4.69) is 10.4 Å². The van der Waals surface area contributed by atoms with Crippen LogP contribution in [0.2, 0.25) is 0 Å². The van der Waals surface area contributed by atoms with E-state index in [4.69, 9.17) is 5.11 Å². The molecule has 1 atom stereocenters. The van der Waals surface area contributed by atoms with Crippen LogP contribution in [0.3, 0.4) is 0 Å². The standard InChI is InChI=1S/C12H19N3O3/c1-4-12(2,11(17)18)14-10(16)6-5-9-7-8-13-15(9)3/h7-8H,4-6H2,1-3H3,(H,14,16)(H,17,18). The van der Waals surface area contributed by atoms with Gasteiger partial charge in [-0.3, -0.25) is 9.48 Å². The first-order chi connectivity index (χ1) is 8.39. The summed E-state index contributed by atoms with van der Waals surface area (Å²) in [6.07, 6.45) is 2.81. The van der Waals surface area contributed by atoms with Gasteiger partial charge in [-0.15, -0.1) is 0 Å². The number of aryl methyl sites for hydroxylation is 2. The van der Waals surface area contributed by atoms with E-state index in [1.165, 1.54) is 6.92 Å². The summed E-state index contributed by atoms with van der Waals surface area (Å²) in [4.78, 5) is 22.8.